The van der Waals surface area contributed by atoms with Crippen molar-refractivity contribution < 1.29 is 19.1 Å². The topological polar surface area (TPSA) is 84.5 Å². The third-order valence-electron chi connectivity index (χ3n) is 2.89. The number of hydrogen-bond donors (Lipinski definition) is 2. The number of rotatable bonds is 6. The molecule has 25 heavy (non-hydrogen) atoms. The summed E-state index contributed by atoms with van der Waals surface area (Å²) in [6.45, 7) is -0.463. The molecule has 0 aliphatic heterocycles. The minimum Gasteiger partial charge on any atom is -0.455 e. The van der Waals surface area contributed by atoms with E-state index in [4.69, 9.17) is 4.74 Å². The van der Waals surface area contributed by atoms with Gasteiger partial charge in [0.1, 0.15) is 0 Å². The first-order valence-electron chi connectivity index (χ1n) is 7.23. The fourth-order valence-electron chi connectivity index (χ4n) is 1.69. The van der Waals surface area contributed by atoms with Crippen molar-refractivity contribution >= 4 is 45.5 Å². The van der Waals surface area contributed by atoms with Crippen molar-refractivity contribution in [1.29, 1.82) is 0 Å². The van der Waals surface area contributed by atoms with E-state index in [-0.39, 0.29) is 5.75 Å². The van der Waals surface area contributed by atoms with Crippen LogP contribution in [0.4, 0.5) is 0 Å². The van der Waals surface area contributed by atoms with Crippen molar-refractivity contribution in [3.63, 3.8) is 0 Å². The minimum absolute atomic E-state index is 0.0886. The Hall–Kier alpha value is -2.32. The standard InChI is InChI=1S/C17H15BrN2O4S/c18-13-6-8-14(9-7-13)25-11-16(22)24-10-15(21)19-20-17(23)12-4-2-1-3-5-12/h1-9H,10-11H2,(H,19,21)(H,20,23). The number of carbonyl (C=O) groups excluding carboxylic acids is 3. The Morgan fingerprint density at radius 2 is 1.64 bits per heavy atom. The molecule has 2 N–H and O–H groups in total. The van der Waals surface area contributed by atoms with Crippen LogP contribution in [0, 0.1) is 0 Å². The number of ether oxygens (including phenoxy) is 1. The second kappa shape index (κ2) is 9.85. The number of benzene rings is 2. The Bertz CT molecular complexity index is 738. The molecule has 0 aliphatic rings. The Morgan fingerprint density at radius 1 is 0.960 bits per heavy atom. The van der Waals surface area contributed by atoms with Gasteiger partial charge in [0.15, 0.2) is 6.61 Å². The van der Waals surface area contributed by atoms with Crippen molar-refractivity contribution in [3.05, 3.63) is 64.6 Å². The van der Waals surface area contributed by atoms with Crippen LogP contribution in [0.3, 0.4) is 0 Å². The average molecular weight is 423 g/mol. The molecule has 0 unspecified atom stereocenters. The summed E-state index contributed by atoms with van der Waals surface area (Å²) in [4.78, 5) is 35.9. The SMILES string of the molecule is O=C(COC(=O)CSc1ccc(Br)cc1)NNC(=O)c1ccccc1. The van der Waals surface area contributed by atoms with Crippen LogP contribution in [0.25, 0.3) is 0 Å². The molecule has 130 valence electrons. The van der Waals surface area contributed by atoms with Gasteiger partial charge in [-0.1, -0.05) is 34.1 Å². The fourth-order valence-corrected chi connectivity index (χ4v) is 2.65. The highest BCUT2D eigenvalue weighted by molar-refractivity contribution is 9.10. The van der Waals surface area contributed by atoms with Crippen LogP contribution in [0.5, 0.6) is 0 Å². The third-order valence-corrected chi connectivity index (χ3v) is 4.40. The van der Waals surface area contributed by atoms with Gasteiger partial charge in [0.25, 0.3) is 11.8 Å². The highest BCUT2D eigenvalue weighted by atomic mass is 79.9. The number of hydrogen-bond acceptors (Lipinski definition) is 5. The van der Waals surface area contributed by atoms with Crippen LogP contribution in [0.1, 0.15) is 10.4 Å². The number of halogens is 1. The van der Waals surface area contributed by atoms with Gasteiger partial charge >= 0.3 is 5.97 Å². The van der Waals surface area contributed by atoms with Gasteiger partial charge in [-0.05, 0) is 36.4 Å². The molecule has 0 radical (unpaired) electrons. The number of esters is 1. The summed E-state index contributed by atoms with van der Waals surface area (Å²) in [7, 11) is 0. The summed E-state index contributed by atoms with van der Waals surface area (Å²) in [5.41, 5.74) is 4.84. The summed E-state index contributed by atoms with van der Waals surface area (Å²) in [5.74, 6) is -1.50. The zero-order valence-electron chi connectivity index (χ0n) is 13.0. The van der Waals surface area contributed by atoms with Crippen LogP contribution in [-0.4, -0.2) is 30.1 Å². The van der Waals surface area contributed by atoms with Crippen LogP contribution < -0.4 is 10.9 Å². The maximum atomic E-state index is 11.7. The van der Waals surface area contributed by atoms with Crippen molar-refractivity contribution in [3.8, 4) is 0 Å². The monoisotopic (exact) mass is 422 g/mol. The second-order valence-electron chi connectivity index (χ2n) is 4.77. The Balaban J connectivity index is 1.64. The lowest BCUT2D eigenvalue weighted by Gasteiger charge is -2.08. The summed E-state index contributed by atoms with van der Waals surface area (Å²) in [6.07, 6.45) is 0. The molecule has 0 aromatic heterocycles. The third kappa shape index (κ3) is 6.98. The van der Waals surface area contributed by atoms with Gasteiger partial charge in [0.2, 0.25) is 0 Å². The lowest BCUT2D eigenvalue weighted by atomic mass is 10.2. The second-order valence-corrected chi connectivity index (χ2v) is 6.74. The fraction of sp³-hybridized carbons (Fsp3) is 0.118. The molecule has 0 saturated heterocycles. The van der Waals surface area contributed by atoms with Crippen LogP contribution in [0.15, 0.2) is 64.0 Å². The van der Waals surface area contributed by atoms with E-state index in [9.17, 15) is 14.4 Å². The first kappa shape index (κ1) is 19.0. The van der Waals surface area contributed by atoms with E-state index in [1.807, 2.05) is 24.3 Å². The molecule has 0 spiro atoms. The number of thioether (sulfide) groups is 1. The van der Waals surface area contributed by atoms with Gasteiger partial charge in [0, 0.05) is 14.9 Å². The molecule has 2 amide bonds. The van der Waals surface area contributed by atoms with Gasteiger partial charge in [0.05, 0.1) is 5.75 Å². The van der Waals surface area contributed by atoms with Crippen LogP contribution in [0.2, 0.25) is 0 Å². The Labute approximate surface area is 157 Å². The van der Waals surface area contributed by atoms with Gasteiger partial charge in [-0.2, -0.15) is 0 Å². The first-order valence-corrected chi connectivity index (χ1v) is 9.00. The largest absolute Gasteiger partial charge is 0.455 e. The molecule has 0 aliphatic carbocycles. The van der Waals surface area contributed by atoms with E-state index in [2.05, 4.69) is 26.8 Å². The smallest absolute Gasteiger partial charge is 0.316 e. The average Bonchev–Trinajstić information content (AvgIpc) is 2.64. The summed E-state index contributed by atoms with van der Waals surface area (Å²) in [6, 6.07) is 15.9. The zero-order valence-corrected chi connectivity index (χ0v) is 15.4. The minimum atomic E-state index is -0.619. The van der Waals surface area contributed by atoms with Crippen LogP contribution in [-0.2, 0) is 14.3 Å². The van der Waals surface area contributed by atoms with E-state index in [0.29, 0.717) is 5.56 Å². The molecule has 0 bridgehead atoms. The van der Waals surface area contributed by atoms with Crippen molar-refractivity contribution in [2.45, 2.75) is 4.90 Å². The molecular formula is C17H15BrN2O4S. The highest BCUT2D eigenvalue weighted by Gasteiger charge is 2.10. The van der Waals surface area contributed by atoms with Crippen molar-refractivity contribution in [2.75, 3.05) is 12.4 Å². The number of amides is 2. The summed E-state index contributed by atoms with van der Waals surface area (Å²) >= 11 is 4.64. The number of nitrogens with one attached hydrogen (secondary N) is 2. The van der Waals surface area contributed by atoms with Crippen molar-refractivity contribution in [2.24, 2.45) is 0 Å². The molecule has 8 heteroatoms. The van der Waals surface area contributed by atoms with E-state index in [0.717, 1.165) is 9.37 Å². The normalized spacial score (nSPS) is 9.96. The van der Waals surface area contributed by atoms with E-state index in [1.165, 1.54) is 11.8 Å². The molecule has 0 atom stereocenters. The lowest BCUT2D eigenvalue weighted by Crippen LogP contribution is -2.43. The zero-order chi connectivity index (χ0) is 18.1. The van der Waals surface area contributed by atoms with Crippen molar-refractivity contribution in [1.82, 2.24) is 10.9 Å². The molecule has 0 fully saturated rings. The number of hydrazine groups is 1. The predicted octanol–water partition coefficient (Wildman–Crippen LogP) is 2.55. The van der Waals surface area contributed by atoms with Gasteiger partial charge < -0.3 is 4.74 Å². The molecule has 0 saturated carbocycles. The Kier molecular flexibility index (Phi) is 7.49. The molecular weight excluding hydrogens is 408 g/mol. The molecule has 6 nitrogen and oxygen atoms in total. The predicted molar refractivity (Wildman–Crippen MR) is 97.9 cm³/mol. The summed E-state index contributed by atoms with van der Waals surface area (Å²) in [5, 5.41) is 0. The number of carbonyl (C=O) groups is 3. The highest BCUT2D eigenvalue weighted by Crippen LogP contribution is 2.20. The quantitative estimate of drug-likeness (QED) is 0.424. The molecule has 0 heterocycles. The Morgan fingerprint density at radius 3 is 2.32 bits per heavy atom. The van der Waals surface area contributed by atoms with Gasteiger partial charge in [-0.3, -0.25) is 25.2 Å². The van der Waals surface area contributed by atoms with Crippen LogP contribution >= 0.6 is 27.7 Å². The lowest BCUT2D eigenvalue weighted by molar-refractivity contribution is -0.146. The molecule has 2 aromatic rings. The first-order chi connectivity index (χ1) is 12.0. The maximum absolute atomic E-state index is 11.7. The van der Waals surface area contributed by atoms with E-state index >= 15 is 0 Å². The summed E-state index contributed by atoms with van der Waals surface area (Å²) < 4.78 is 5.81. The van der Waals surface area contributed by atoms with Gasteiger partial charge in [-0.15, -0.1) is 11.8 Å². The maximum Gasteiger partial charge on any atom is 0.316 e. The van der Waals surface area contributed by atoms with Gasteiger partial charge in [-0.25, -0.2) is 0 Å². The molecule has 2 rings (SSSR count). The van der Waals surface area contributed by atoms with E-state index < -0.39 is 24.4 Å². The molecule has 2 aromatic carbocycles. The van der Waals surface area contributed by atoms with E-state index in [1.54, 1.807) is 30.3 Å².